The molecule has 2 aliphatic rings. The first-order chi connectivity index (χ1) is 5.45. The molecule has 0 aromatic carbocycles. The zero-order valence-electron chi connectivity index (χ0n) is 5.95. The molecule has 2 rings (SSSR count). The summed E-state index contributed by atoms with van der Waals surface area (Å²) in [4.78, 5) is 7.82. The lowest BCUT2D eigenvalue weighted by molar-refractivity contribution is 0.214. The Morgan fingerprint density at radius 2 is 1.55 bits per heavy atom. The fourth-order valence-electron chi connectivity index (χ4n) is 0.829. The largest absolute Gasteiger partial charge is 0.448 e. The van der Waals surface area contributed by atoms with Crippen LogP contribution in [0.2, 0.25) is 0 Å². The van der Waals surface area contributed by atoms with E-state index in [9.17, 15) is 0 Å². The molecular weight excluding hydrogens is 148 g/mol. The molecule has 2 heterocycles. The van der Waals surface area contributed by atoms with Gasteiger partial charge in [-0.05, 0) is 0 Å². The van der Waals surface area contributed by atoms with Crippen molar-refractivity contribution in [2.45, 2.75) is 0 Å². The topological polar surface area (TPSA) is 52.4 Å². The summed E-state index contributed by atoms with van der Waals surface area (Å²) >= 11 is 0. The normalized spacial score (nSPS) is 21.8. The van der Waals surface area contributed by atoms with Crippen molar-refractivity contribution in [3.63, 3.8) is 0 Å². The molecule has 0 saturated heterocycles. The Morgan fingerprint density at radius 3 is 1.91 bits per heavy atom. The van der Waals surface area contributed by atoms with Crippen molar-refractivity contribution in [1.29, 1.82) is 0 Å². The van der Waals surface area contributed by atoms with Gasteiger partial charge in [-0.1, -0.05) is 0 Å². The Labute approximate surface area is 63.7 Å². The Balaban J connectivity index is 1.89. The molecule has 0 saturated carbocycles. The Bertz CT molecular complexity index is 190. The first-order valence-corrected chi connectivity index (χ1v) is 3.47. The predicted molar refractivity (Wildman–Crippen MR) is 37.6 cm³/mol. The Hall–Kier alpha value is -1.26. The second-order valence-corrected chi connectivity index (χ2v) is 2.09. The van der Waals surface area contributed by atoms with E-state index in [1.165, 1.54) is 0 Å². The van der Waals surface area contributed by atoms with Gasteiger partial charge >= 0.3 is 12.2 Å². The van der Waals surface area contributed by atoms with Gasteiger partial charge in [0.2, 0.25) is 0 Å². The van der Waals surface area contributed by atoms with E-state index in [1.54, 1.807) is 0 Å². The maximum absolute atomic E-state index is 5.03. The van der Waals surface area contributed by atoms with Crippen molar-refractivity contribution < 1.29 is 14.2 Å². The average Bonchev–Trinajstić information content (AvgIpc) is 2.60. The van der Waals surface area contributed by atoms with Gasteiger partial charge in [0.25, 0.3) is 0 Å². The maximum atomic E-state index is 5.03. The van der Waals surface area contributed by atoms with Crippen LogP contribution < -0.4 is 0 Å². The van der Waals surface area contributed by atoms with Crippen LogP contribution in [-0.2, 0) is 14.2 Å². The van der Waals surface area contributed by atoms with E-state index >= 15 is 0 Å². The fraction of sp³-hybridized carbons (Fsp3) is 0.667. The summed E-state index contributed by atoms with van der Waals surface area (Å²) in [7, 11) is 0. The predicted octanol–water partition coefficient (Wildman–Crippen LogP) is -0.225. The van der Waals surface area contributed by atoms with Gasteiger partial charge < -0.3 is 14.2 Å². The van der Waals surface area contributed by atoms with E-state index in [4.69, 9.17) is 14.2 Å². The summed E-state index contributed by atoms with van der Waals surface area (Å²) in [5, 5.41) is 0. The minimum atomic E-state index is 0.269. The van der Waals surface area contributed by atoms with Gasteiger partial charge in [-0.2, -0.15) is 0 Å². The highest BCUT2D eigenvalue weighted by atomic mass is 16.8. The van der Waals surface area contributed by atoms with E-state index in [1.807, 2.05) is 0 Å². The molecule has 5 heteroatoms. The van der Waals surface area contributed by atoms with Crippen molar-refractivity contribution >= 4 is 12.2 Å². The molecule has 11 heavy (non-hydrogen) atoms. The molecule has 5 nitrogen and oxygen atoms in total. The maximum Gasteiger partial charge on any atom is 0.392 e. The number of aliphatic imine (C=N–C) groups is 2. The molecule has 0 bridgehead atoms. The van der Waals surface area contributed by atoms with Crippen LogP contribution >= 0.6 is 0 Å². The molecule has 0 fully saturated rings. The molecule has 0 N–H and O–H groups in total. The smallest absolute Gasteiger partial charge is 0.392 e. The molecule has 0 aromatic rings. The van der Waals surface area contributed by atoms with Crippen molar-refractivity contribution in [3.05, 3.63) is 0 Å². The molecule has 2 aliphatic heterocycles. The van der Waals surface area contributed by atoms with E-state index in [-0.39, 0.29) is 12.2 Å². The van der Waals surface area contributed by atoms with Crippen LogP contribution in [0, 0.1) is 0 Å². The van der Waals surface area contributed by atoms with Gasteiger partial charge in [-0.3, -0.25) is 0 Å². The van der Waals surface area contributed by atoms with E-state index in [0.717, 1.165) is 0 Å². The van der Waals surface area contributed by atoms with Crippen molar-refractivity contribution in [1.82, 2.24) is 0 Å². The summed E-state index contributed by atoms with van der Waals surface area (Å²) in [6.45, 7) is 2.48. The molecule has 0 aliphatic carbocycles. The van der Waals surface area contributed by atoms with Crippen LogP contribution in [0.3, 0.4) is 0 Å². The van der Waals surface area contributed by atoms with Gasteiger partial charge in [0, 0.05) is 0 Å². The van der Waals surface area contributed by atoms with Crippen molar-refractivity contribution in [2.75, 3.05) is 26.3 Å². The highest BCUT2D eigenvalue weighted by Crippen LogP contribution is 2.01. The number of hydrogen-bond acceptors (Lipinski definition) is 5. The minimum absolute atomic E-state index is 0.269. The molecule has 0 spiro atoms. The van der Waals surface area contributed by atoms with Crippen molar-refractivity contribution in [3.8, 4) is 0 Å². The summed E-state index contributed by atoms with van der Waals surface area (Å²) in [6, 6.07) is 0. The third-order valence-electron chi connectivity index (χ3n) is 1.29. The Morgan fingerprint density at radius 1 is 1.00 bits per heavy atom. The van der Waals surface area contributed by atoms with Crippen LogP contribution in [0.15, 0.2) is 9.98 Å². The van der Waals surface area contributed by atoms with Crippen LogP contribution in [-0.4, -0.2) is 38.5 Å². The first kappa shape index (κ1) is 6.45. The van der Waals surface area contributed by atoms with E-state index in [2.05, 4.69) is 9.98 Å². The van der Waals surface area contributed by atoms with E-state index in [0.29, 0.717) is 26.3 Å². The number of hydrogen-bond donors (Lipinski definition) is 0. The van der Waals surface area contributed by atoms with Gasteiger partial charge in [0.1, 0.15) is 13.2 Å². The fourth-order valence-corrected chi connectivity index (χ4v) is 0.829. The van der Waals surface area contributed by atoms with Crippen LogP contribution in [0.25, 0.3) is 0 Å². The second-order valence-electron chi connectivity index (χ2n) is 2.09. The number of ether oxygens (including phenoxy) is 3. The lowest BCUT2D eigenvalue weighted by atomic mass is 10.8. The second kappa shape index (κ2) is 2.77. The van der Waals surface area contributed by atoms with E-state index < -0.39 is 0 Å². The molecule has 0 radical (unpaired) electrons. The summed E-state index contributed by atoms with van der Waals surface area (Å²) in [6.07, 6.45) is 0.538. The zero-order chi connectivity index (χ0) is 7.52. The standard InChI is InChI=1S/C6H8N2O3/c1-3-9-5(7-1)11-6-8-2-4-10-6/h1-4H2. The molecule has 0 unspecified atom stereocenters. The van der Waals surface area contributed by atoms with Gasteiger partial charge in [-0.15, -0.1) is 0 Å². The molecule has 0 atom stereocenters. The molecule has 60 valence electrons. The average molecular weight is 156 g/mol. The number of rotatable bonds is 0. The van der Waals surface area contributed by atoms with Crippen LogP contribution in [0.5, 0.6) is 0 Å². The SMILES string of the molecule is C1COC(OC2=NCCO2)=N1. The molecule has 0 aromatic heterocycles. The van der Waals surface area contributed by atoms with Crippen LogP contribution in [0.1, 0.15) is 0 Å². The summed E-state index contributed by atoms with van der Waals surface area (Å²) < 4.78 is 15.0. The monoisotopic (exact) mass is 156 g/mol. The lowest BCUT2D eigenvalue weighted by Gasteiger charge is -2.01. The highest BCUT2D eigenvalue weighted by Gasteiger charge is 2.16. The van der Waals surface area contributed by atoms with Gasteiger partial charge in [-0.25, -0.2) is 9.98 Å². The van der Waals surface area contributed by atoms with Gasteiger partial charge in [0.05, 0.1) is 13.1 Å². The summed E-state index contributed by atoms with van der Waals surface area (Å²) in [5.41, 5.74) is 0. The molecule has 0 amide bonds. The van der Waals surface area contributed by atoms with Crippen LogP contribution in [0.4, 0.5) is 0 Å². The lowest BCUT2D eigenvalue weighted by Crippen LogP contribution is -2.12. The quantitative estimate of drug-likeness (QED) is 0.487. The third-order valence-corrected chi connectivity index (χ3v) is 1.29. The summed E-state index contributed by atoms with van der Waals surface area (Å²) in [5.74, 6) is 0. The Kier molecular flexibility index (Phi) is 1.63. The first-order valence-electron chi connectivity index (χ1n) is 3.47. The van der Waals surface area contributed by atoms with Crippen molar-refractivity contribution in [2.24, 2.45) is 9.98 Å². The van der Waals surface area contributed by atoms with Gasteiger partial charge in [0.15, 0.2) is 0 Å². The zero-order valence-corrected chi connectivity index (χ0v) is 5.95. The molecular formula is C6H8N2O3. The number of nitrogens with zero attached hydrogens (tertiary/aromatic N) is 2. The highest BCUT2D eigenvalue weighted by molar-refractivity contribution is 5.84. The minimum Gasteiger partial charge on any atom is -0.448 e. The third kappa shape index (κ3) is 1.42.